The van der Waals surface area contributed by atoms with Crippen molar-refractivity contribution in [2.45, 2.75) is 6.54 Å². The summed E-state index contributed by atoms with van der Waals surface area (Å²) in [5.41, 5.74) is 5.43. The van der Waals surface area contributed by atoms with E-state index in [0.29, 0.717) is 0 Å². The standard InChI is InChI=1S/C35H25N3O2/c39-25-10-7-8-22(18-25)16-17-33(40)36-21-24-20-31-29-14-5-6-15-32(29)38-35(31)34(37-24)30-19-23-9-1-2-11-26(23)27-12-3-4-13-28(27)30/h1-20,38-39H,21H2,(H,36,40)/b17-16+. The first-order chi connectivity index (χ1) is 19.6. The molecule has 5 aromatic carbocycles. The van der Waals surface area contributed by atoms with Crippen LogP contribution in [0.15, 0.2) is 115 Å². The van der Waals surface area contributed by atoms with Crippen LogP contribution in [-0.2, 0) is 11.3 Å². The highest BCUT2D eigenvalue weighted by Gasteiger charge is 2.17. The van der Waals surface area contributed by atoms with Gasteiger partial charge in [-0.05, 0) is 63.5 Å². The number of phenols is 1. The number of carbonyl (C=O) groups is 1. The second-order valence-electron chi connectivity index (χ2n) is 9.89. The van der Waals surface area contributed by atoms with E-state index in [9.17, 15) is 9.90 Å². The molecular formula is C35H25N3O2. The maximum atomic E-state index is 12.7. The summed E-state index contributed by atoms with van der Waals surface area (Å²) < 4.78 is 0. The Labute approximate surface area is 230 Å². The molecule has 1 amide bonds. The third-order valence-electron chi connectivity index (χ3n) is 7.31. The van der Waals surface area contributed by atoms with Gasteiger partial charge in [0.2, 0.25) is 5.91 Å². The highest BCUT2D eigenvalue weighted by Crippen LogP contribution is 2.38. The van der Waals surface area contributed by atoms with Gasteiger partial charge in [0.15, 0.2) is 0 Å². The fraction of sp³-hybridized carbons (Fsp3) is 0.0286. The molecule has 0 unspecified atom stereocenters. The molecule has 0 radical (unpaired) electrons. The van der Waals surface area contributed by atoms with E-state index in [0.717, 1.165) is 55.1 Å². The highest BCUT2D eigenvalue weighted by atomic mass is 16.3. The van der Waals surface area contributed by atoms with E-state index in [1.54, 1.807) is 24.3 Å². The van der Waals surface area contributed by atoms with Gasteiger partial charge < -0.3 is 15.4 Å². The fourth-order valence-electron chi connectivity index (χ4n) is 5.47. The number of para-hydroxylation sites is 1. The lowest BCUT2D eigenvalue weighted by Crippen LogP contribution is -2.21. The molecule has 0 aliphatic heterocycles. The van der Waals surface area contributed by atoms with Crippen molar-refractivity contribution in [1.29, 1.82) is 0 Å². The second kappa shape index (κ2) is 9.71. The number of carbonyl (C=O) groups excluding carboxylic acids is 1. The van der Waals surface area contributed by atoms with Crippen LogP contribution in [-0.4, -0.2) is 21.0 Å². The van der Waals surface area contributed by atoms with Crippen molar-refractivity contribution in [1.82, 2.24) is 15.3 Å². The van der Waals surface area contributed by atoms with Crippen molar-refractivity contribution in [3.8, 4) is 17.0 Å². The Balaban J connectivity index is 1.34. The summed E-state index contributed by atoms with van der Waals surface area (Å²) in [6.45, 7) is 0.275. The zero-order valence-corrected chi connectivity index (χ0v) is 21.6. The number of nitrogens with one attached hydrogen (secondary N) is 2. The Morgan fingerprint density at radius 3 is 2.38 bits per heavy atom. The van der Waals surface area contributed by atoms with E-state index in [2.05, 4.69) is 83.1 Å². The molecule has 7 aromatic rings. The molecule has 5 heteroatoms. The van der Waals surface area contributed by atoms with Gasteiger partial charge in [0.25, 0.3) is 0 Å². The molecule has 0 saturated carbocycles. The third-order valence-corrected chi connectivity index (χ3v) is 7.31. The van der Waals surface area contributed by atoms with E-state index in [1.165, 1.54) is 16.8 Å². The molecule has 0 spiro atoms. The smallest absolute Gasteiger partial charge is 0.244 e. The van der Waals surface area contributed by atoms with Crippen LogP contribution in [0.2, 0.25) is 0 Å². The lowest BCUT2D eigenvalue weighted by molar-refractivity contribution is -0.116. The van der Waals surface area contributed by atoms with Crippen molar-refractivity contribution in [2.75, 3.05) is 0 Å². The van der Waals surface area contributed by atoms with Crippen LogP contribution in [0.3, 0.4) is 0 Å². The van der Waals surface area contributed by atoms with Crippen LogP contribution in [0.25, 0.3) is 60.7 Å². The van der Waals surface area contributed by atoms with E-state index >= 15 is 0 Å². The van der Waals surface area contributed by atoms with E-state index < -0.39 is 0 Å². The van der Waals surface area contributed by atoms with Gasteiger partial charge in [-0.2, -0.15) is 0 Å². The minimum Gasteiger partial charge on any atom is -0.508 e. The van der Waals surface area contributed by atoms with E-state index in [-0.39, 0.29) is 18.2 Å². The summed E-state index contributed by atoms with van der Waals surface area (Å²) in [5.74, 6) is -0.0746. The molecule has 0 atom stereocenters. The van der Waals surface area contributed by atoms with Gasteiger partial charge in [-0.15, -0.1) is 0 Å². The molecular weight excluding hydrogens is 494 g/mol. The van der Waals surface area contributed by atoms with Crippen molar-refractivity contribution in [2.24, 2.45) is 0 Å². The summed E-state index contributed by atoms with van der Waals surface area (Å²) in [6, 6.07) is 36.1. The maximum absolute atomic E-state index is 12.7. The number of benzene rings is 5. The largest absolute Gasteiger partial charge is 0.508 e. The lowest BCUT2D eigenvalue weighted by Gasteiger charge is -2.13. The predicted octanol–water partition coefficient (Wildman–Crippen LogP) is 7.72. The number of amides is 1. The third kappa shape index (κ3) is 4.24. The number of H-pyrrole nitrogens is 1. The summed E-state index contributed by atoms with van der Waals surface area (Å²) in [4.78, 5) is 21.4. The molecule has 0 bridgehead atoms. The number of hydrogen-bond acceptors (Lipinski definition) is 3. The number of nitrogens with zero attached hydrogens (tertiary/aromatic N) is 1. The normalized spacial score (nSPS) is 11.7. The molecule has 5 nitrogen and oxygen atoms in total. The van der Waals surface area contributed by atoms with E-state index in [1.807, 2.05) is 18.2 Å². The molecule has 2 aromatic heterocycles. The summed E-state index contributed by atoms with van der Waals surface area (Å²) in [6.07, 6.45) is 3.15. The van der Waals surface area contributed by atoms with Gasteiger partial charge >= 0.3 is 0 Å². The molecule has 40 heavy (non-hydrogen) atoms. The Morgan fingerprint density at radius 2 is 1.52 bits per heavy atom. The summed E-state index contributed by atoms with van der Waals surface area (Å²) >= 11 is 0. The van der Waals surface area contributed by atoms with E-state index in [4.69, 9.17) is 4.98 Å². The minimum absolute atomic E-state index is 0.160. The molecule has 2 heterocycles. The van der Waals surface area contributed by atoms with Gasteiger partial charge in [-0.3, -0.25) is 4.79 Å². The van der Waals surface area contributed by atoms with Crippen LogP contribution >= 0.6 is 0 Å². The first-order valence-electron chi connectivity index (χ1n) is 13.2. The number of rotatable bonds is 5. The lowest BCUT2D eigenvalue weighted by atomic mass is 9.94. The molecule has 0 saturated heterocycles. The van der Waals surface area contributed by atoms with Crippen molar-refractivity contribution in [3.05, 3.63) is 127 Å². The number of hydrogen-bond donors (Lipinski definition) is 3. The number of phenolic OH excluding ortho intramolecular Hbond substituents is 1. The van der Waals surface area contributed by atoms with Crippen LogP contribution in [0.4, 0.5) is 0 Å². The molecule has 0 fully saturated rings. The topological polar surface area (TPSA) is 78.0 Å². The molecule has 7 rings (SSSR count). The monoisotopic (exact) mass is 519 g/mol. The van der Waals surface area contributed by atoms with Gasteiger partial charge in [-0.1, -0.05) is 78.9 Å². The highest BCUT2D eigenvalue weighted by molar-refractivity contribution is 6.18. The number of aromatic amines is 1. The van der Waals surface area contributed by atoms with Gasteiger partial charge in [0.05, 0.1) is 23.4 Å². The number of aromatic hydroxyl groups is 1. The maximum Gasteiger partial charge on any atom is 0.244 e. The van der Waals surface area contributed by atoms with Crippen molar-refractivity contribution in [3.63, 3.8) is 0 Å². The van der Waals surface area contributed by atoms with Crippen LogP contribution in [0.5, 0.6) is 5.75 Å². The van der Waals surface area contributed by atoms with Gasteiger partial charge in [0.1, 0.15) is 5.75 Å². The van der Waals surface area contributed by atoms with Crippen LogP contribution in [0, 0.1) is 0 Å². The van der Waals surface area contributed by atoms with Crippen LogP contribution in [0.1, 0.15) is 11.3 Å². The average Bonchev–Trinajstić information content (AvgIpc) is 3.37. The quantitative estimate of drug-likeness (QED) is 0.161. The van der Waals surface area contributed by atoms with Gasteiger partial charge in [0, 0.05) is 27.9 Å². The summed E-state index contributed by atoms with van der Waals surface area (Å²) in [7, 11) is 0. The Kier molecular flexibility index (Phi) is 5.75. The first-order valence-corrected chi connectivity index (χ1v) is 13.2. The Bertz CT molecular complexity index is 2110. The molecule has 192 valence electrons. The Hall–Kier alpha value is -5.42. The SMILES string of the molecule is O=C(/C=C/c1cccc(O)c1)NCc1cc2c([nH]c3ccccc32)c(-c2cc3ccccc3c3ccccc23)n1. The molecule has 0 aliphatic rings. The number of fused-ring (bicyclic) bond motifs is 6. The first kappa shape index (κ1) is 23.7. The predicted molar refractivity (Wildman–Crippen MR) is 163 cm³/mol. The minimum atomic E-state index is -0.234. The fourth-order valence-corrected chi connectivity index (χ4v) is 5.47. The zero-order chi connectivity index (χ0) is 27.1. The van der Waals surface area contributed by atoms with Crippen molar-refractivity contribution < 1.29 is 9.90 Å². The van der Waals surface area contributed by atoms with Crippen molar-refractivity contribution >= 4 is 55.3 Å². The van der Waals surface area contributed by atoms with Crippen LogP contribution < -0.4 is 5.32 Å². The number of aromatic nitrogens is 2. The molecule has 0 aliphatic carbocycles. The molecule has 3 N–H and O–H groups in total. The Morgan fingerprint density at radius 1 is 0.775 bits per heavy atom. The number of pyridine rings is 1. The summed E-state index contributed by atoms with van der Waals surface area (Å²) in [5, 5.41) is 19.5. The van der Waals surface area contributed by atoms with Gasteiger partial charge in [-0.25, -0.2) is 4.98 Å². The zero-order valence-electron chi connectivity index (χ0n) is 21.6. The average molecular weight is 520 g/mol. The second-order valence-corrected chi connectivity index (χ2v) is 9.89.